The normalized spacial score (nSPS) is 10.4. The van der Waals surface area contributed by atoms with E-state index in [1.807, 2.05) is 43.3 Å². The molecule has 0 saturated carbocycles. The Bertz CT molecular complexity index is 1010. The van der Waals surface area contributed by atoms with Crippen molar-refractivity contribution < 1.29 is 14.3 Å². The number of carbonyl (C=O) groups is 2. The van der Waals surface area contributed by atoms with Gasteiger partial charge in [-0.25, -0.2) is 4.98 Å². The van der Waals surface area contributed by atoms with Crippen LogP contribution in [0, 0.1) is 13.8 Å². The summed E-state index contributed by atoms with van der Waals surface area (Å²) in [4.78, 5) is 29.2. The van der Waals surface area contributed by atoms with Gasteiger partial charge in [-0.1, -0.05) is 48.0 Å². The Labute approximate surface area is 171 Å². The molecule has 0 saturated heterocycles. The van der Waals surface area contributed by atoms with Crippen LogP contribution in [0.2, 0.25) is 5.02 Å². The Balaban J connectivity index is 1.56. The van der Waals surface area contributed by atoms with Gasteiger partial charge >= 0.3 is 0 Å². The molecule has 0 aliphatic heterocycles. The Morgan fingerprint density at radius 2 is 1.86 bits per heavy atom. The van der Waals surface area contributed by atoms with Crippen LogP contribution in [0.3, 0.4) is 0 Å². The highest BCUT2D eigenvalue weighted by molar-refractivity contribution is 7.17. The largest absolute Gasteiger partial charge is 0.482 e. The Morgan fingerprint density at radius 3 is 2.61 bits per heavy atom. The van der Waals surface area contributed by atoms with E-state index in [1.54, 1.807) is 19.1 Å². The van der Waals surface area contributed by atoms with Gasteiger partial charge in [-0.05, 0) is 31.5 Å². The number of ether oxygens (including phenoxy) is 1. The summed E-state index contributed by atoms with van der Waals surface area (Å²) in [5, 5.41) is 1.16. The monoisotopic (exact) mass is 415 g/mol. The molecule has 0 aliphatic carbocycles. The molecular formula is C20H18ClN3O3S. The molecule has 144 valence electrons. The van der Waals surface area contributed by atoms with E-state index in [9.17, 15) is 9.59 Å². The van der Waals surface area contributed by atoms with Crippen LogP contribution in [-0.2, 0) is 4.79 Å². The van der Waals surface area contributed by atoms with Crippen molar-refractivity contribution in [2.45, 2.75) is 13.8 Å². The molecule has 6 nitrogen and oxygen atoms in total. The van der Waals surface area contributed by atoms with Crippen molar-refractivity contribution in [3.05, 3.63) is 69.7 Å². The lowest BCUT2D eigenvalue weighted by atomic mass is 10.2. The molecular weight excluding hydrogens is 398 g/mol. The van der Waals surface area contributed by atoms with Gasteiger partial charge in [0.2, 0.25) is 0 Å². The van der Waals surface area contributed by atoms with E-state index in [0.717, 1.165) is 16.1 Å². The molecule has 2 N–H and O–H groups in total. The summed E-state index contributed by atoms with van der Waals surface area (Å²) in [6.45, 7) is 3.37. The molecule has 28 heavy (non-hydrogen) atoms. The highest BCUT2D eigenvalue weighted by atomic mass is 35.5. The van der Waals surface area contributed by atoms with Gasteiger partial charge in [0, 0.05) is 5.56 Å². The van der Waals surface area contributed by atoms with Gasteiger partial charge in [-0.15, -0.1) is 11.3 Å². The first-order valence-electron chi connectivity index (χ1n) is 8.45. The van der Waals surface area contributed by atoms with Crippen molar-refractivity contribution in [3.8, 4) is 16.3 Å². The van der Waals surface area contributed by atoms with Gasteiger partial charge in [0.05, 0.1) is 10.7 Å². The maximum Gasteiger partial charge on any atom is 0.281 e. The maximum atomic E-state index is 12.4. The van der Waals surface area contributed by atoms with E-state index in [0.29, 0.717) is 21.3 Å². The number of carbonyl (C=O) groups excluding carboxylic acids is 2. The van der Waals surface area contributed by atoms with Crippen molar-refractivity contribution in [1.82, 2.24) is 15.8 Å². The minimum absolute atomic E-state index is 0.277. The number of rotatable bonds is 5. The van der Waals surface area contributed by atoms with Crippen molar-refractivity contribution in [2.24, 2.45) is 0 Å². The van der Waals surface area contributed by atoms with Crippen molar-refractivity contribution in [3.63, 3.8) is 0 Å². The van der Waals surface area contributed by atoms with Crippen LogP contribution in [0.25, 0.3) is 10.6 Å². The molecule has 3 rings (SSSR count). The Hall–Kier alpha value is -2.90. The number of aryl methyl sites for hydroxylation is 2. The third-order valence-corrected chi connectivity index (χ3v) is 5.30. The zero-order valence-electron chi connectivity index (χ0n) is 15.3. The number of aromatic nitrogens is 1. The topological polar surface area (TPSA) is 80.3 Å². The second-order valence-electron chi connectivity index (χ2n) is 6.02. The SMILES string of the molecule is Cc1ccc(Cl)c(OCC(=O)NNC(=O)c2sc(-c3ccccc3)nc2C)c1. The number of hydrogen-bond acceptors (Lipinski definition) is 5. The van der Waals surface area contributed by atoms with Gasteiger partial charge in [0.25, 0.3) is 11.8 Å². The lowest BCUT2D eigenvalue weighted by Gasteiger charge is -2.10. The summed E-state index contributed by atoms with van der Waals surface area (Å²) in [5.74, 6) is -0.524. The van der Waals surface area contributed by atoms with Gasteiger partial charge in [-0.3, -0.25) is 20.4 Å². The number of thiazole rings is 1. The zero-order chi connectivity index (χ0) is 20.1. The quantitative estimate of drug-likeness (QED) is 0.619. The molecule has 0 bridgehead atoms. The molecule has 1 heterocycles. The van der Waals surface area contributed by atoms with Crippen LogP contribution in [0.5, 0.6) is 5.75 Å². The van der Waals surface area contributed by atoms with Crippen molar-refractivity contribution >= 4 is 34.8 Å². The second-order valence-corrected chi connectivity index (χ2v) is 7.43. The molecule has 2 aromatic carbocycles. The average molecular weight is 416 g/mol. The summed E-state index contributed by atoms with van der Waals surface area (Å²) in [7, 11) is 0. The van der Waals surface area contributed by atoms with Crippen LogP contribution in [0.1, 0.15) is 20.9 Å². The lowest BCUT2D eigenvalue weighted by Crippen LogP contribution is -2.43. The summed E-state index contributed by atoms with van der Waals surface area (Å²) in [6, 6.07) is 14.9. The molecule has 3 aromatic rings. The Morgan fingerprint density at radius 1 is 1.11 bits per heavy atom. The maximum absolute atomic E-state index is 12.4. The zero-order valence-corrected chi connectivity index (χ0v) is 16.9. The molecule has 0 aliphatic rings. The van der Waals surface area contributed by atoms with Crippen LogP contribution in [0.4, 0.5) is 0 Å². The molecule has 2 amide bonds. The minimum Gasteiger partial charge on any atom is -0.482 e. The minimum atomic E-state index is -0.503. The lowest BCUT2D eigenvalue weighted by molar-refractivity contribution is -0.123. The van der Waals surface area contributed by atoms with Crippen molar-refractivity contribution in [2.75, 3.05) is 6.61 Å². The summed E-state index contributed by atoms with van der Waals surface area (Å²) >= 11 is 7.29. The number of nitrogens with one attached hydrogen (secondary N) is 2. The summed E-state index contributed by atoms with van der Waals surface area (Å²) in [5.41, 5.74) is 7.21. The fraction of sp³-hybridized carbons (Fsp3) is 0.150. The number of amides is 2. The summed E-state index contributed by atoms with van der Waals surface area (Å²) in [6.07, 6.45) is 0. The van der Waals surface area contributed by atoms with E-state index < -0.39 is 11.8 Å². The van der Waals surface area contributed by atoms with Crippen LogP contribution in [0.15, 0.2) is 48.5 Å². The van der Waals surface area contributed by atoms with Gasteiger partial charge in [0.1, 0.15) is 15.6 Å². The predicted octanol–water partition coefficient (Wildman–Crippen LogP) is 3.92. The first-order chi connectivity index (χ1) is 13.4. The molecule has 0 fully saturated rings. The summed E-state index contributed by atoms with van der Waals surface area (Å²) < 4.78 is 5.40. The number of hydrazine groups is 1. The average Bonchev–Trinajstić information content (AvgIpc) is 3.09. The number of nitrogens with zero attached hydrogens (tertiary/aromatic N) is 1. The molecule has 0 atom stereocenters. The number of hydrogen-bond donors (Lipinski definition) is 2. The van der Waals surface area contributed by atoms with Crippen LogP contribution >= 0.6 is 22.9 Å². The fourth-order valence-corrected chi connectivity index (χ4v) is 3.53. The smallest absolute Gasteiger partial charge is 0.281 e. The highest BCUT2D eigenvalue weighted by Gasteiger charge is 2.17. The van der Waals surface area contributed by atoms with Gasteiger partial charge in [0.15, 0.2) is 6.61 Å². The highest BCUT2D eigenvalue weighted by Crippen LogP contribution is 2.27. The predicted molar refractivity (Wildman–Crippen MR) is 110 cm³/mol. The van der Waals surface area contributed by atoms with E-state index in [1.165, 1.54) is 11.3 Å². The first kappa shape index (κ1) is 19.9. The molecule has 1 aromatic heterocycles. The van der Waals surface area contributed by atoms with E-state index in [4.69, 9.17) is 16.3 Å². The molecule has 0 radical (unpaired) electrons. The number of benzene rings is 2. The molecule has 8 heteroatoms. The fourth-order valence-electron chi connectivity index (χ4n) is 2.40. The number of halogens is 1. The first-order valence-corrected chi connectivity index (χ1v) is 9.64. The molecule has 0 spiro atoms. The van der Waals surface area contributed by atoms with Gasteiger partial charge in [-0.2, -0.15) is 0 Å². The second kappa shape index (κ2) is 8.86. The van der Waals surface area contributed by atoms with Gasteiger partial charge < -0.3 is 4.74 Å². The van der Waals surface area contributed by atoms with E-state index in [2.05, 4.69) is 15.8 Å². The standard InChI is InChI=1S/C20H18ClN3O3S/c1-12-8-9-15(21)16(10-12)27-11-17(25)23-24-19(26)18-13(2)22-20(28-18)14-6-4-3-5-7-14/h3-10H,11H2,1-2H3,(H,23,25)(H,24,26). The molecule has 0 unspecified atom stereocenters. The third kappa shape index (κ3) is 4.88. The van der Waals surface area contributed by atoms with E-state index in [-0.39, 0.29) is 6.61 Å². The third-order valence-electron chi connectivity index (χ3n) is 3.78. The van der Waals surface area contributed by atoms with E-state index >= 15 is 0 Å². The van der Waals surface area contributed by atoms with Crippen LogP contribution < -0.4 is 15.6 Å². The Kier molecular flexibility index (Phi) is 6.28. The van der Waals surface area contributed by atoms with Crippen LogP contribution in [-0.4, -0.2) is 23.4 Å². The van der Waals surface area contributed by atoms with Crippen molar-refractivity contribution in [1.29, 1.82) is 0 Å².